The van der Waals surface area contributed by atoms with Crippen molar-refractivity contribution >= 4 is 22.5 Å². The quantitative estimate of drug-likeness (QED) is 0.745. The maximum atomic E-state index is 13.8. The first-order valence-corrected chi connectivity index (χ1v) is 7.75. The van der Waals surface area contributed by atoms with E-state index in [0.29, 0.717) is 0 Å². The molecule has 0 atom stereocenters. The third-order valence-electron chi connectivity index (χ3n) is 4.68. The Balaban J connectivity index is 1.74. The van der Waals surface area contributed by atoms with Crippen LogP contribution < -0.4 is 5.32 Å². The molecule has 4 rings (SSSR count). The Morgan fingerprint density at radius 1 is 1.13 bits per heavy atom. The first-order chi connectivity index (χ1) is 11.1. The molecule has 23 heavy (non-hydrogen) atoms. The number of hydrogen-bond acceptors (Lipinski definition) is 1. The Morgan fingerprint density at radius 3 is 2.57 bits per heavy atom. The van der Waals surface area contributed by atoms with Crippen LogP contribution in [0, 0.1) is 12.7 Å². The molecule has 0 unspecified atom stereocenters. The molecule has 4 heteroatoms. The lowest BCUT2D eigenvalue weighted by molar-refractivity contribution is -0.118. The number of carbonyl (C=O) groups is 1. The van der Waals surface area contributed by atoms with Crippen molar-refractivity contribution in [2.45, 2.75) is 25.2 Å². The highest BCUT2D eigenvalue weighted by molar-refractivity contribution is 6.05. The number of hydrogen-bond donors (Lipinski definition) is 2. The highest BCUT2D eigenvalue weighted by atomic mass is 19.1. The number of H-pyrrole nitrogens is 1. The molecule has 3 aromatic rings. The monoisotopic (exact) mass is 308 g/mol. The van der Waals surface area contributed by atoms with Crippen molar-refractivity contribution in [1.29, 1.82) is 0 Å². The summed E-state index contributed by atoms with van der Waals surface area (Å²) in [7, 11) is 0. The fourth-order valence-electron chi connectivity index (χ4n) is 3.41. The van der Waals surface area contributed by atoms with Crippen LogP contribution in [0.1, 0.15) is 24.1 Å². The summed E-state index contributed by atoms with van der Waals surface area (Å²) in [5, 5.41) is 3.84. The second-order valence-electron chi connectivity index (χ2n) is 6.19. The molecule has 1 fully saturated rings. The summed E-state index contributed by atoms with van der Waals surface area (Å²) in [5.74, 6) is -0.539. The second kappa shape index (κ2) is 4.95. The molecule has 1 heterocycles. The van der Waals surface area contributed by atoms with Crippen LogP contribution in [0.4, 0.5) is 10.1 Å². The van der Waals surface area contributed by atoms with Gasteiger partial charge in [-0.25, -0.2) is 4.39 Å². The zero-order valence-corrected chi connectivity index (χ0v) is 12.8. The average molecular weight is 308 g/mol. The summed E-state index contributed by atoms with van der Waals surface area (Å²) < 4.78 is 13.8. The highest BCUT2D eigenvalue weighted by Crippen LogP contribution is 2.52. The molecule has 0 bridgehead atoms. The van der Waals surface area contributed by atoms with Crippen LogP contribution in [0.5, 0.6) is 0 Å². The third-order valence-corrected chi connectivity index (χ3v) is 4.68. The van der Waals surface area contributed by atoms with Gasteiger partial charge in [0.1, 0.15) is 5.82 Å². The fourth-order valence-corrected chi connectivity index (χ4v) is 3.41. The number of aryl methyl sites for hydroxylation is 1. The SMILES string of the molecule is Cc1[nH]c2ccccc2c1C1(C(=O)Nc2ccccc2F)CC1. The van der Waals surface area contributed by atoms with Crippen molar-refractivity contribution < 1.29 is 9.18 Å². The zero-order valence-electron chi connectivity index (χ0n) is 12.8. The second-order valence-corrected chi connectivity index (χ2v) is 6.19. The lowest BCUT2D eigenvalue weighted by Gasteiger charge is -2.16. The van der Waals surface area contributed by atoms with E-state index in [1.54, 1.807) is 18.2 Å². The molecule has 0 saturated heterocycles. The molecule has 1 amide bonds. The van der Waals surface area contributed by atoms with Gasteiger partial charge >= 0.3 is 0 Å². The van der Waals surface area contributed by atoms with Crippen molar-refractivity contribution in [2.75, 3.05) is 5.32 Å². The van der Waals surface area contributed by atoms with Crippen molar-refractivity contribution in [3.05, 3.63) is 65.6 Å². The van der Waals surface area contributed by atoms with Gasteiger partial charge in [0.25, 0.3) is 0 Å². The Morgan fingerprint density at radius 2 is 1.83 bits per heavy atom. The predicted molar refractivity (Wildman–Crippen MR) is 89.0 cm³/mol. The van der Waals surface area contributed by atoms with Crippen LogP contribution in [0.15, 0.2) is 48.5 Å². The van der Waals surface area contributed by atoms with E-state index in [1.807, 2.05) is 31.2 Å². The van der Waals surface area contributed by atoms with Crippen LogP contribution in [0.2, 0.25) is 0 Å². The number of amides is 1. The van der Waals surface area contributed by atoms with Crippen LogP contribution >= 0.6 is 0 Å². The van der Waals surface area contributed by atoms with Crippen molar-refractivity contribution in [1.82, 2.24) is 4.98 Å². The van der Waals surface area contributed by atoms with E-state index in [0.717, 1.165) is 35.0 Å². The number of aromatic amines is 1. The molecule has 1 saturated carbocycles. The molecule has 0 radical (unpaired) electrons. The molecule has 1 aliphatic rings. The van der Waals surface area contributed by atoms with Gasteiger partial charge in [-0.1, -0.05) is 30.3 Å². The van der Waals surface area contributed by atoms with Crippen LogP contribution in [-0.4, -0.2) is 10.9 Å². The lowest BCUT2D eigenvalue weighted by Crippen LogP contribution is -2.28. The molecule has 116 valence electrons. The van der Waals surface area contributed by atoms with Crippen LogP contribution in [-0.2, 0) is 10.2 Å². The molecular formula is C19H17FN2O. The minimum Gasteiger partial charge on any atom is -0.358 e. The van der Waals surface area contributed by atoms with E-state index >= 15 is 0 Å². The van der Waals surface area contributed by atoms with Gasteiger partial charge in [0, 0.05) is 16.6 Å². The third kappa shape index (κ3) is 2.13. The van der Waals surface area contributed by atoms with Gasteiger partial charge in [-0.15, -0.1) is 0 Å². The largest absolute Gasteiger partial charge is 0.358 e. The standard InChI is InChI=1S/C19H17FN2O/c1-12-17(13-6-2-4-8-15(13)21-12)19(10-11-19)18(23)22-16-9-5-3-7-14(16)20/h2-9,21H,10-11H2,1H3,(H,22,23). The smallest absolute Gasteiger partial charge is 0.235 e. The molecule has 2 N–H and O–H groups in total. The molecule has 1 aromatic heterocycles. The minimum atomic E-state index is -0.550. The van der Waals surface area contributed by atoms with E-state index in [2.05, 4.69) is 10.3 Å². The topological polar surface area (TPSA) is 44.9 Å². The number of para-hydroxylation sites is 2. The Kier molecular flexibility index (Phi) is 3.01. The molecule has 0 aliphatic heterocycles. The summed E-state index contributed by atoms with van der Waals surface area (Å²) in [5.41, 5.74) is 2.77. The fraction of sp³-hybridized carbons (Fsp3) is 0.211. The first kappa shape index (κ1) is 14.0. The number of nitrogens with one attached hydrogen (secondary N) is 2. The lowest BCUT2D eigenvalue weighted by atomic mass is 9.92. The first-order valence-electron chi connectivity index (χ1n) is 7.75. The van der Waals surface area contributed by atoms with E-state index < -0.39 is 11.2 Å². The zero-order chi connectivity index (χ0) is 16.0. The van der Waals surface area contributed by atoms with E-state index in [1.165, 1.54) is 6.07 Å². The van der Waals surface area contributed by atoms with Gasteiger partial charge in [-0.05, 0) is 43.5 Å². The maximum Gasteiger partial charge on any atom is 0.235 e. The number of benzene rings is 2. The van der Waals surface area contributed by atoms with Crippen molar-refractivity contribution in [3.63, 3.8) is 0 Å². The van der Waals surface area contributed by atoms with Crippen LogP contribution in [0.25, 0.3) is 10.9 Å². The molecule has 0 spiro atoms. The summed E-state index contributed by atoms with van der Waals surface area (Å²) in [6.07, 6.45) is 1.58. The predicted octanol–water partition coefficient (Wildman–Crippen LogP) is 4.29. The number of rotatable bonds is 3. The Bertz CT molecular complexity index is 909. The molecule has 1 aliphatic carbocycles. The van der Waals surface area contributed by atoms with Crippen LogP contribution in [0.3, 0.4) is 0 Å². The van der Waals surface area contributed by atoms with Crippen molar-refractivity contribution in [3.8, 4) is 0 Å². The normalized spacial score (nSPS) is 15.6. The molecular weight excluding hydrogens is 291 g/mol. The van der Waals surface area contributed by atoms with E-state index in [4.69, 9.17) is 0 Å². The Labute approximate surface area is 133 Å². The van der Waals surface area contributed by atoms with Gasteiger partial charge in [-0.2, -0.15) is 0 Å². The van der Waals surface area contributed by atoms with Gasteiger partial charge in [0.05, 0.1) is 11.1 Å². The van der Waals surface area contributed by atoms with Gasteiger partial charge < -0.3 is 10.3 Å². The number of aromatic nitrogens is 1. The summed E-state index contributed by atoms with van der Waals surface area (Å²) in [6.45, 7) is 1.99. The number of fused-ring (bicyclic) bond motifs is 1. The number of carbonyl (C=O) groups excluding carboxylic acids is 1. The summed E-state index contributed by atoms with van der Waals surface area (Å²) >= 11 is 0. The summed E-state index contributed by atoms with van der Waals surface area (Å²) in [6, 6.07) is 14.3. The molecule has 3 nitrogen and oxygen atoms in total. The maximum absolute atomic E-state index is 13.8. The molecule has 2 aromatic carbocycles. The minimum absolute atomic E-state index is 0.129. The van der Waals surface area contributed by atoms with Gasteiger partial charge in [0.15, 0.2) is 0 Å². The highest BCUT2D eigenvalue weighted by Gasteiger charge is 2.53. The number of halogens is 1. The van der Waals surface area contributed by atoms with E-state index in [9.17, 15) is 9.18 Å². The number of anilines is 1. The summed E-state index contributed by atoms with van der Waals surface area (Å²) in [4.78, 5) is 16.2. The average Bonchev–Trinajstić information content (AvgIpc) is 3.26. The van der Waals surface area contributed by atoms with Gasteiger partial charge in [-0.3, -0.25) is 4.79 Å². The van der Waals surface area contributed by atoms with Gasteiger partial charge in [0.2, 0.25) is 5.91 Å². The Hall–Kier alpha value is -2.62. The van der Waals surface area contributed by atoms with Crippen molar-refractivity contribution in [2.24, 2.45) is 0 Å². The van der Waals surface area contributed by atoms with E-state index in [-0.39, 0.29) is 11.6 Å².